The van der Waals surface area contributed by atoms with Gasteiger partial charge in [0, 0.05) is 12.8 Å². The van der Waals surface area contributed by atoms with Crippen LogP contribution in [0, 0.1) is 0 Å². The van der Waals surface area contributed by atoms with E-state index >= 15 is 0 Å². The van der Waals surface area contributed by atoms with Crippen LogP contribution in [0.15, 0.2) is 170 Å². The summed E-state index contributed by atoms with van der Waals surface area (Å²) in [5, 5.41) is 0. The summed E-state index contributed by atoms with van der Waals surface area (Å²) in [6, 6.07) is 0. The van der Waals surface area contributed by atoms with Crippen LogP contribution in [0.1, 0.15) is 309 Å². The molecule has 2 atom stereocenters. The number of carbonyl (C=O) groups is 2. The fourth-order valence-corrected chi connectivity index (χ4v) is 11.1. The summed E-state index contributed by atoms with van der Waals surface area (Å²) in [6.07, 6.45) is 113. The molecular weight excluding hydrogens is 1210 g/mol. The molecular formula is C86H144NO8P. The quantitative estimate of drug-likeness (QED) is 0.0195. The van der Waals surface area contributed by atoms with E-state index in [2.05, 4.69) is 184 Å². The third-order valence-corrected chi connectivity index (χ3v) is 17.2. The first-order valence-corrected chi connectivity index (χ1v) is 40.3. The number of rotatable bonds is 70. The highest BCUT2D eigenvalue weighted by Crippen LogP contribution is 2.38. The lowest BCUT2D eigenvalue weighted by Crippen LogP contribution is -2.37. The summed E-state index contributed by atoms with van der Waals surface area (Å²) in [5.74, 6) is -0.835. The van der Waals surface area contributed by atoms with Crippen molar-refractivity contribution in [3.63, 3.8) is 0 Å². The zero-order valence-electron chi connectivity index (χ0n) is 62.3. The predicted molar refractivity (Wildman–Crippen MR) is 415 cm³/mol. The maximum Gasteiger partial charge on any atom is 0.306 e. The molecule has 9 nitrogen and oxygen atoms in total. The number of likely N-dealkylation sites (N-methyl/N-ethyl adjacent to an activating group) is 1. The van der Waals surface area contributed by atoms with Gasteiger partial charge in [0.15, 0.2) is 6.10 Å². The number of nitrogens with zero attached hydrogens (tertiary/aromatic N) is 1. The minimum absolute atomic E-state index is 0.0371. The lowest BCUT2D eigenvalue weighted by molar-refractivity contribution is -0.870. The number of unbranched alkanes of at least 4 members (excludes halogenated alkanes) is 28. The van der Waals surface area contributed by atoms with Gasteiger partial charge >= 0.3 is 11.9 Å². The minimum atomic E-state index is -4.65. The molecule has 0 aliphatic heterocycles. The third kappa shape index (κ3) is 78.4. The van der Waals surface area contributed by atoms with Gasteiger partial charge in [-0.3, -0.25) is 14.2 Å². The largest absolute Gasteiger partial charge is 0.756 e. The van der Waals surface area contributed by atoms with Gasteiger partial charge in [-0.25, -0.2) is 0 Å². The molecule has 0 rings (SSSR count). The summed E-state index contributed by atoms with van der Waals surface area (Å²) >= 11 is 0. The van der Waals surface area contributed by atoms with Crippen LogP contribution in [0.2, 0.25) is 0 Å². The van der Waals surface area contributed by atoms with Gasteiger partial charge in [0.25, 0.3) is 7.82 Å². The number of ether oxygens (including phenoxy) is 2. The average Bonchev–Trinajstić information content (AvgIpc) is 1.98. The Bertz CT molecular complexity index is 2230. The Balaban J connectivity index is 4.03. The van der Waals surface area contributed by atoms with Crippen molar-refractivity contribution in [2.24, 2.45) is 0 Å². The summed E-state index contributed by atoms with van der Waals surface area (Å²) in [4.78, 5) is 38.2. The van der Waals surface area contributed by atoms with Gasteiger partial charge in [-0.2, -0.15) is 0 Å². The Morgan fingerprint density at radius 2 is 0.562 bits per heavy atom. The molecule has 546 valence electrons. The summed E-state index contributed by atoms with van der Waals surface area (Å²) in [5.41, 5.74) is 0. The normalized spacial score (nSPS) is 14.0. The lowest BCUT2D eigenvalue weighted by Gasteiger charge is -2.28. The Morgan fingerprint density at radius 3 is 0.833 bits per heavy atom. The van der Waals surface area contributed by atoms with E-state index in [1.54, 1.807) is 0 Å². The molecule has 0 amide bonds. The molecule has 0 aromatic carbocycles. The second-order valence-electron chi connectivity index (χ2n) is 26.6. The van der Waals surface area contributed by atoms with E-state index < -0.39 is 26.5 Å². The molecule has 0 aromatic heterocycles. The molecule has 0 aliphatic carbocycles. The average molecular weight is 1350 g/mol. The summed E-state index contributed by atoms with van der Waals surface area (Å²) < 4.78 is 34.4. The van der Waals surface area contributed by atoms with Crippen molar-refractivity contribution in [3.8, 4) is 0 Å². The third-order valence-electron chi connectivity index (χ3n) is 16.2. The van der Waals surface area contributed by atoms with Crippen LogP contribution in [0.3, 0.4) is 0 Å². The van der Waals surface area contributed by atoms with Crippen LogP contribution in [-0.4, -0.2) is 70.0 Å². The molecule has 0 bridgehead atoms. The van der Waals surface area contributed by atoms with Crippen molar-refractivity contribution >= 4 is 19.8 Å². The van der Waals surface area contributed by atoms with Gasteiger partial charge in [-0.05, 0) is 128 Å². The lowest BCUT2D eigenvalue weighted by atomic mass is 10.0. The summed E-state index contributed by atoms with van der Waals surface area (Å²) in [7, 11) is 1.16. The molecule has 10 heteroatoms. The van der Waals surface area contributed by atoms with E-state index in [9.17, 15) is 19.0 Å². The van der Waals surface area contributed by atoms with Crippen molar-refractivity contribution in [3.05, 3.63) is 170 Å². The van der Waals surface area contributed by atoms with Crippen LogP contribution >= 0.6 is 7.82 Å². The van der Waals surface area contributed by atoms with Crippen molar-refractivity contribution in [1.82, 2.24) is 0 Å². The molecule has 2 unspecified atom stereocenters. The smallest absolute Gasteiger partial charge is 0.306 e. The van der Waals surface area contributed by atoms with E-state index in [0.29, 0.717) is 17.4 Å². The number of phosphoric ester groups is 1. The summed E-state index contributed by atoms with van der Waals surface area (Å²) in [6.45, 7) is 4.02. The first kappa shape index (κ1) is 91.4. The number of esters is 2. The highest BCUT2D eigenvalue weighted by molar-refractivity contribution is 7.45. The zero-order valence-corrected chi connectivity index (χ0v) is 63.2. The highest BCUT2D eigenvalue weighted by Gasteiger charge is 2.22. The van der Waals surface area contributed by atoms with Gasteiger partial charge in [0.05, 0.1) is 27.7 Å². The van der Waals surface area contributed by atoms with Crippen molar-refractivity contribution in [1.29, 1.82) is 0 Å². The highest BCUT2D eigenvalue weighted by atomic mass is 31.2. The Kier molecular flexibility index (Phi) is 71.0. The van der Waals surface area contributed by atoms with Gasteiger partial charge in [0.2, 0.25) is 0 Å². The van der Waals surface area contributed by atoms with Crippen molar-refractivity contribution in [2.45, 2.75) is 315 Å². The second-order valence-corrected chi connectivity index (χ2v) is 28.0. The molecule has 0 heterocycles. The minimum Gasteiger partial charge on any atom is -0.756 e. The Morgan fingerprint density at radius 1 is 0.323 bits per heavy atom. The Labute approximate surface area is 591 Å². The van der Waals surface area contributed by atoms with Gasteiger partial charge in [-0.1, -0.05) is 338 Å². The van der Waals surface area contributed by atoms with Crippen LogP contribution in [0.4, 0.5) is 0 Å². The van der Waals surface area contributed by atoms with Crippen molar-refractivity contribution < 1.29 is 42.1 Å². The first-order valence-electron chi connectivity index (χ1n) is 38.8. The monoisotopic (exact) mass is 1350 g/mol. The predicted octanol–water partition coefficient (Wildman–Crippen LogP) is 25.4. The van der Waals surface area contributed by atoms with E-state index in [1.807, 2.05) is 21.1 Å². The molecule has 0 aliphatic rings. The number of quaternary nitrogens is 1. The number of hydrogen-bond donors (Lipinski definition) is 0. The second kappa shape index (κ2) is 74.6. The molecule has 0 radical (unpaired) electrons. The van der Waals surface area contributed by atoms with Crippen LogP contribution in [0.5, 0.6) is 0 Å². The topological polar surface area (TPSA) is 111 Å². The molecule has 0 aromatic rings. The fraction of sp³-hybridized carbons (Fsp3) is 0.651. The van der Waals surface area contributed by atoms with Crippen LogP contribution < -0.4 is 4.89 Å². The first-order chi connectivity index (χ1) is 47.0. The molecule has 0 saturated heterocycles. The SMILES string of the molecule is CC/C=C\C/C=C\C/C=C\C/C=C\C/C=C\C/C=C\C/C=C\C/C=C\CCCCCCCCCCCCCCCCC(=O)OC(COC(=O)CCCCCCCCCCCCCCCC/C=C\C/C=C\C/C=C\C/C=C\C/C=C\C/C=C\CC)COP(=O)([O-])OCC[N+](C)(C)C. The van der Waals surface area contributed by atoms with E-state index in [4.69, 9.17) is 18.5 Å². The van der Waals surface area contributed by atoms with Crippen molar-refractivity contribution in [2.75, 3.05) is 47.5 Å². The molecule has 0 saturated carbocycles. The molecule has 0 N–H and O–H groups in total. The van der Waals surface area contributed by atoms with Gasteiger partial charge < -0.3 is 27.9 Å². The van der Waals surface area contributed by atoms with Crippen LogP contribution in [0.25, 0.3) is 0 Å². The maximum absolute atomic E-state index is 12.9. The van der Waals surface area contributed by atoms with E-state index in [0.717, 1.165) is 128 Å². The number of hydrogen-bond acceptors (Lipinski definition) is 8. The molecule has 96 heavy (non-hydrogen) atoms. The fourth-order valence-electron chi connectivity index (χ4n) is 10.4. The van der Waals surface area contributed by atoms with E-state index in [1.165, 1.54) is 148 Å². The molecule has 0 fully saturated rings. The Hall–Kier alpha value is -4.63. The van der Waals surface area contributed by atoms with Gasteiger partial charge in [-0.15, -0.1) is 0 Å². The molecule has 0 spiro atoms. The number of phosphoric acid groups is 1. The van der Waals surface area contributed by atoms with Gasteiger partial charge in [0.1, 0.15) is 19.8 Å². The number of allylic oxidation sites excluding steroid dienone is 28. The maximum atomic E-state index is 12.9. The van der Waals surface area contributed by atoms with Crippen LogP contribution in [-0.2, 0) is 32.7 Å². The van der Waals surface area contributed by atoms with E-state index in [-0.39, 0.29) is 32.0 Å². The standard InChI is InChI=1S/C86H144NO8P/c1-6-8-10-12-14-16-18-20-22-24-26-28-30-32-34-36-38-40-41-42-43-44-45-47-49-51-53-55-57-59-61-63-65-67-69-71-73-75-77-79-86(89)95-84(83-94-96(90,91)93-81-80-87(3,4)5)82-92-85(88)78-76-74-72-70-68-66-64-62-60-58-56-54-52-50-48-46-39-37-35-33-31-29-27-25-23-21-19-17-15-13-11-9-7-2/h8-11,14-17,20-23,26-29,32-35,38-40,42-43,45-47,84H,6-7,12-13,18-19,24-25,30-31,36-37,41,44,48-83H2,1-5H3/b10-8-,11-9-,16-14-,17-15-,22-20-,23-21-,28-26-,29-27-,34-32-,35-33-,40-38-,43-42-,46-39-,47-45-. The number of carbonyl (C=O) groups excluding carboxylic acids is 2. The zero-order chi connectivity index (χ0) is 69.7.